The predicted molar refractivity (Wildman–Crippen MR) is 70.6 cm³/mol. The Kier molecular flexibility index (Phi) is 2.74. The minimum absolute atomic E-state index is 0.323. The van der Waals surface area contributed by atoms with Gasteiger partial charge in [-0.1, -0.05) is 17.3 Å². The first-order valence-electron chi connectivity index (χ1n) is 6.02. The summed E-state index contributed by atoms with van der Waals surface area (Å²) in [6, 6.07) is 7.91. The van der Waals surface area contributed by atoms with Crippen LogP contribution in [-0.2, 0) is 0 Å². The number of thioether (sulfide) groups is 1. The second kappa shape index (κ2) is 4.26. The van der Waals surface area contributed by atoms with Crippen LogP contribution in [0.1, 0.15) is 19.3 Å². The van der Waals surface area contributed by atoms with Crippen molar-refractivity contribution in [1.29, 1.82) is 0 Å². The van der Waals surface area contributed by atoms with E-state index in [4.69, 9.17) is 10.9 Å². The number of anilines is 1. The van der Waals surface area contributed by atoms with Gasteiger partial charge in [0, 0.05) is 16.5 Å². The van der Waals surface area contributed by atoms with Crippen molar-refractivity contribution in [3.05, 3.63) is 24.3 Å². The Labute approximate surface area is 105 Å². The Hall–Kier alpha value is -1.16. The molecule has 0 amide bonds. The highest BCUT2D eigenvalue weighted by Gasteiger charge is 2.46. The SMILES string of the molecule is Nc1ccccc1S[C@H]1/C(=N/O)[C@H]2CC[C@@H]1C2. The zero-order valence-electron chi connectivity index (χ0n) is 9.54. The number of nitrogen functional groups attached to an aromatic ring is 1. The average molecular weight is 248 g/mol. The lowest BCUT2D eigenvalue weighted by Crippen LogP contribution is -2.24. The van der Waals surface area contributed by atoms with Gasteiger partial charge in [-0.2, -0.15) is 0 Å². The fourth-order valence-corrected chi connectivity index (χ4v) is 4.49. The third-order valence-electron chi connectivity index (χ3n) is 3.90. The summed E-state index contributed by atoms with van der Waals surface area (Å²) >= 11 is 1.76. The molecule has 2 fully saturated rings. The predicted octanol–water partition coefficient (Wildman–Crippen LogP) is 2.99. The molecule has 0 aliphatic heterocycles. The molecule has 0 saturated heterocycles. The van der Waals surface area contributed by atoms with Crippen LogP contribution in [0.25, 0.3) is 0 Å². The van der Waals surface area contributed by atoms with E-state index >= 15 is 0 Å². The number of nitrogens with two attached hydrogens (primary N) is 1. The van der Waals surface area contributed by atoms with Gasteiger partial charge in [-0.3, -0.25) is 0 Å². The van der Waals surface area contributed by atoms with Crippen molar-refractivity contribution in [3.63, 3.8) is 0 Å². The van der Waals surface area contributed by atoms with Gasteiger partial charge in [-0.05, 0) is 37.3 Å². The molecule has 3 N–H and O–H groups in total. The number of rotatable bonds is 2. The summed E-state index contributed by atoms with van der Waals surface area (Å²) in [5.74, 6) is 1.17. The van der Waals surface area contributed by atoms with Crippen LogP contribution in [-0.4, -0.2) is 16.2 Å². The molecular formula is C13H16N2OS. The van der Waals surface area contributed by atoms with Crippen LogP contribution < -0.4 is 5.73 Å². The molecular weight excluding hydrogens is 232 g/mol. The van der Waals surface area contributed by atoms with Crippen molar-refractivity contribution >= 4 is 23.2 Å². The number of hydrogen-bond acceptors (Lipinski definition) is 4. The number of fused-ring (bicyclic) bond motifs is 2. The molecule has 0 spiro atoms. The van der Waals surface area contributed by atoms with E-state index in [9.17, 15) is 0 Å². The maximum atomic E-state index is 9.15. The highest BCUT2D eigenvalue weighted by atomic mass is 32.2. The van der Waals surface area contributed by atoms with Gasteiger partial charge in [0.15, 0.2) is 0 Å². The highest BCUT2D eigenvalue weighted by molar-refractivity contribution is 8.00. The molecule has 3 rings (SSSR count). The van der Waals surface area contributed by atoms with Crippen LogP contribution in [0.2, 0.25) is 0 Å². The monoisotopic (exact) mass is 248 g/mol. The Balaban J connectivity index is 1.84. The van der Waals surface area contributed by atoms with Crippen molar-refractivity contribution in [2.75, 3.05) is 5.73 Å². The van der Waals surface area contributed by atoms with Gasteiger partial charge in [-0.15, -0.1) is 11.8 Å². The lowest BCUT2D eigenvalue weighted by Gasteiger charge is -2.22. The van der Waals surface area contributed by atoms with Crippen molar-refractivity contribution < 1.29 is 5.21 Å². The molecule has 1 aromatic carbocycles. The van der Waals surface area contributed by atoms with Crippen molar-refractivity contribution in [1.82, 2.24) is 0 Å². The zero-order chi connectivity index (χ0) is 11.8. The molecule has 90 valence electrons. The van der Waals surface area contributed by atoms with Gasteiger partial charge in [0.05, 0.1) is 11.0 Å². The molecule has 1 aromatic rings. The number of benzene rings is 1. The molecule has 3 atom stereocenters. The summed E-state index contributed by atoms with van der Waals surface area (Å²) in [4.78, 5) is 1.10. The number of nitrogens with zero attached hydrogens (tertiary/aromatic N) is 1. The first-order valence-corrected chi connectivity index (χ1v) is 6.90. The Morgan fingerprint density at radius 2 is 2.12 bits per heavy atom. The third kappa shape index (κ3) is 1.80. The average Bonchev–Trinajstić information content (AvgIpc) is 2.92. The maximum Gasteiger partial charge on any atom is 0.0737 e. The van der Waals surface area contributed by atoms with E-state index in [1.165, 1.54) is 19.3 Å². The van der Waals surface area contributed by atoms with Crippen LogP contribution >= 0.6 is 11.8 Å². The lowest BCUT2D eigenvalue weighted by atomic mass is 9.98. The Morgan fingerprint density at radius 3 is 2.88 bits per heavy atom. The Morgan fingerprint density at radius 1 is 1.29 bits per heavy atom. The molecule has 4 heteroatoms. The van der Waals surface area contributed by atoms with Gasteiger partial charge < -0.3 is 10.9 Å². The molecule has 2 aliphatic rings. The van der Waals surface area contributed by atoms with Gasteiger partial charge in [0.1, 0.15) is 0 Å². The van der Waals surface area contributed by atoms with E-state index in [1.807, 2.05) is 24.3 Å². The molecule has 0 aromatic heterocycles. The summed E-state index contributed by atoms with van der Waals surface area (Å²) in [7, 11) is 0. The molecule has 2 bridgehead atoms. The number of oxime groups is 1. The van der Waals surface area contributed by atoms with Crippen LogP contribution in [0, 0.1) is 11.8 Å². The van der Waals surface area contributed by atoms with Crippen LogP contribution in [0.3, 0.4) is 0 Å². The number of para-hydroxylation sites is 1. The topological polar surface area (TPSA) is 58.6 Å². The fraction of sp³-hybridized carbons (Fsp3) is 0.462. The van der Waals surface area contributed by atoms with Crippen LogP contribution in [0.4, 0.5) is 5.69 Å². The minimum atomic E-state index is 0.323. The first kappa shape index (κ1) is 11.0. The van der Waals surface area contributed by atoms with Crippen LogP contribution in [0.5, 0.6) is 0 Å². The minimum Gasteiger partial charge on any atom is -0.411 e. The zero-order valence-corrected chi connectivity index (χ0v) is 10.4. The van der Waals surface area contributed by atoms with Gasteiger partial charge in [0.2, 0.25) is 0 Å². The van der Waals surface area contributed by atoms with Gasteiger partial charge >= 0.3 is 0 Å². The summed E-state index contributed by atoms with van der Waals surface area (Å²) < 4.78 is 0. The summed E-state index contributed by atoms with van der Waals surface area (Å²) in [5.41, 5.74) is 7.76. The molecule has 2 aliphatic carbocycles. The van der Waals surface area contributed by atoms with E-state index < -0.39 is 0 Å². The van der Waals surface area contributed by atoms with E-state index in [-0.39, 0.29) is 0 Å². The molecule has 0 unspecified atom stereocenters. The Bertz CT molecular complexity index is 460. The smallest absolute Gasteiger partial charge is 0.0737 e. The normalized spacial score (nSPS) is 33.4. The van der Waals surface area contributed by atoms with E-state index in [0.717, 1.165) is 16.3 Å². The van der Waals surface area contributed by atoms with E-state index in [2.05, 4.69) is 5.16 Å². The number of hydrogen-bond donors (Lipinski definition) is 2. The van der Waals surface area contributed by atoms with E-state index in [0.29, 0.717) is 17.1 Å². The van der Waals surface area contributed by atoms with Crippen LogP contribution in [0.15, 0.2) is 34.3 Å². The molecule has 3 nitrogen and oxygen atoms in total. The largest absolute Gasteiger partial charge is 0.411 e. The highest BCUT2D eigenvalue weighted by Crippen LogP contribution is 2.50. The van der Waals surface area contributed by atoms with E-state index in [1.54, 1.807) is 11.8 Å². The lowest BCUT2D eigenvalue weighted by molar-refractivity contribution is 0.314. The van der Waals surface area contributed by atoms with Crippen molar-refractivity contribution in [3.8, 4) is 0 Å². The first-order chi connectivity index (χ1) is 8.29. The quantitative estimate of drug-likeness (QED) is 0.480. The summed E-state index contributed by atoms with van der Waals surface area (Å²) in [6.07, 6.45) is 3.63. The molecule has 0 radical (unpaired) electrons. The summed E-state index contributed by atoms with van der Waals surface area (Å²) in [6.45, 7) is 0. The summed E-state index contributed by atoms with van der Waals surface area (Å²) in [5, 5.41) is 13.0. The maximum absolute atomic E-state index is 9.15. The molecule has 0 heterocycles. The van der Waals surface area contributed by atoms with Crippen molar-refractivity contribution in [2.24, 2.45) is 17.0 Å². The van der Waals surface area contributed by atoms with Gasteiger partial charge in [0.25, 0.3) is 0 Å². The standard InChI is InChI=1S/C13H16N2OS/c14-10-3-1-2-4-11(10)17-13-9-6-5-8(7-9)12(13)15-16/h1-4,8-9,13,16H,5-7,14H2/b15-12+/t8-,9+,13+/m0/s1. The second-order valence-corrected chi connectivity index (χ2v) is 6.05. The fourth-order valence-electron chi connectivity index (χ4n) is 3.05. The van der Waals surface area contributed by atoms with Gasteiger partial charge in [-0.25, -0.2) is 0 Å². The van der Waals surface area contributed by atoms with Crippen molar-refractivity contribution in [2.45, 2.75) is 29.4 Å². The molecule has 17 heavy (non-hydrogen) atoms. The second-order valence-electron chi connectivity index (χ2n) is 4.87. The third-order valence-corrected chi connectivity index (χ3v) is 5.41. The molecule has 2 saturated carbocycles.